The van der Waals surface area contributed by atoms with Crippen molar-refractivity contribution in [2.75, 3.05) is 80.1 Å². The van der Waals surface area contributed by atoms with Gasteiger partial charge >= 0.3 is 12.1 Å². The van der Waals surface area contributed by atoms with Gasteiger partial charge in [-0.2, -0.15) is 0 Å². The molecule has 1 aliphatic heterocycles. The van der Waals surface area contributed by atoms with E-state index < -0.39 is 114 Å². The highest BCUT2D eigenvalue weighted by Crippen LogP contribution is 2.30. The number of methoxy groups -OCH3 is 1. The Balaban J connectivity index is 0.900. The molecule has 0 aliphatic carbocycles. The Labute approximate surface area is 669 Å². The van der Waals surface area contributed by atoms with Gasteiger partial charge in [-0.05, 0) is 111 Å². The maximum absolute atomic E-state index is 14.8. The standard InChI is InChI=1S/C82H122N14O16S/c1-16-54(8)74(66(109-15)48-69(99)96-38-22-26-61(96)45-55(9)75(102)89-64(80-85-37-44-113-80)46-57-23-18-17-19-24-57)93(13)81(107)72(52(4)5)91-79(106)73(53(6)7)94(14)82(108)112-50-58-28-30-60(31-29-58)87-76(103)56(10)86-78(105)71(51(2)3)90-68(98)35-40-110-42-43-111-41-36-84-77(104)63(32-33-70(100)101)88-67(97)34-39-95-62(49-92(12)83-11)47-59-25-20-21-27-65(59)95/h17-21,23-25,27-31,37,44,47,51-56,61,63-64,66,71-74,83H,16,22,26,32-36,38-43,45-46,48-50H2,1-15H3,(H,84,104)(H,86,105)(H,87,103)(H,88,97)(H,89,102)(H,90,98)(H,91,106)(H,100,101)/t54-,55+,56-,61-,63-,64-,66+,71-,72-,73-,74-/m0/s1. The van der Waals surface area contributed by atoms with Crippen LogP contribution >= 0.6 is 11.3 Å². The highest BCUT2D eigenvalue weighted by molar-refractivity contribution is 7.09. The SMILES string of the molecule is CC[C@H](C)[C@@H]([C@@H](CC(=O)N1CCC[C@H]1C[C@@H](C)C(=O)N[C@@H](Cc1ccccc1)c1nccs1)OC)N(C)C(=O)[C@@H](NC(=O)[C@H](C(C)C)N(C)C(=O)OCc1ccc(NC(=O)[C@H](C)NC(=O)[C@@H](NC(=O)CCOCCOCCNC(=O)[C@H](CCC(=O)O)NC(=O)CCn2c(CN(C)NC)cc3ccccc32)C(C)C)cc1)C(C)C. The lowest BCUT2D eigenvalue weighted by Gasteiger charge is -2.40. The van der Waals surface area contributed by atoms with Crippen LogP contribution in [0.3, 0.4) is 0 Å². The molecule has 11 atom stereocenters. The van der Waals surface area contributed by atoms with E-state index in [0.29, 0.717) is 50.1 Å². The van der Waals surface area contributed by atoms with Crippen LogP contribution < -0.4 is 42.6 Å². The summed E-state index contributed by atoms with van der Waals surface area (Å²) in [6.07, 6.45) is 2.95. The van der Waals surface area contributed by atoms with Gasteiger partial charge in [0.15, 0.2) is 0 Å². The second kappa shape index (κ2) is 46.7. The van der Waals surface area contributed by atoms with Gasteiger partial charge in [-0.1, -0.05) is 129 Å². The number of hydrogen-bond acceptors (Lipinski definition) is 19. The van der Waals surface area contributed by atoms with E-state index in [4.69, 9.17) is 18.9 Å². The van der Waals surface area contributed by atoms with Gasteiger partial charge in [0.1, 0.15) is 41.8 Å². The summed E-state index contributed by atoms with van der Waals surface area (Å²) >= 11 is 1.49. The number of carboxylic acids is 1. The first-order valence-corrected chi connectivity index (χ1v) is 40.2. The molecule has 30 nitrogen and oxygen atoms in total. The lowest BCUT2D eigenvalue weighted by atomic mass is 9.89. The minimum atomic E-state index is -1.11. The molecule has 0 spiro atoms. The molecule has 1 fully saturated rings. The number of nitrogens with zero attached hydrogens (tertiary/aromatic N) is 6. The monoisotopic (exact) mass is 1590 g/mol. The fourth-order valence-corrected chi connectivity index (χ4v) is 14.6. The van der Waals surface area contributed by atoms with Crippen molar-refractivity contribution in [2.45, 2.75) is 208 Å². The number of hydrogen-bond donors (Lipinski definition) is 9. The van der Waals surface area contributed by atoms with Crippen LogP contribution in [-0.2, 0) is 93.0 Å². The number of likely N-dealkylation sites (tertiary alicyclic amines) is 1. The topological polar surface area (TPSA) is 372 Å². The Morgan fingerprint density at radius 3 is 2.00 bits per heavy atom. The van der Waals surface area contributed by atoms with Crippen molar-refractivity contribution in [3.8, 4) is 0 Å². The van der Waals surface area contributed by atoms with E-state index in [1.54, 1.807) is 70.1 Å². The Morgan fingerprint density at radius 1 is 0.690 bits per heavy atom. The number of fused-ring (bicyclic) bond motifs is 1. The molecule has 0 radical (unpaired) electrons. The number of thiazole rings is 1. The second-order valence-electron chi connectivity index (χ2n) is 30.2. The van der Waals surface area contributed by atoms with E-state index in [0.717, 1.165) is 40.0 Å². The molecule has 0 bridgehead atoms. The average molecular weight is 1590 g/mol. The third kappa shape index (κ3) is 28.9. The van der Waals surface area contributed by atoms with Crippen LogP contribution in [0.5, 0.6) is 0 Å². The largest absolute Gasteiger partial charge is 0.481 e. The zero-order valence-electron chi connectivity index (χ0n) is 68.4. The number of para-hydroxylation sites is 1. The number of rotatable bonds is 48. The first-order chi connectivity index (χ1) is 53.8. The Morgan fingerprint density at radius 2 is 1.36 bits per heavy atom. The van der Waals surface area contributed by atoms with Crippen LogP contribution in [0.15, 0.2) is 96.5 Å². The lowest BCUT2D eigenvalue weighted by Crippen LogP contribution is -2.60. The summed E-state index contributed by atoms with van der Waals surface area (Å²) in [5.41, 5.74) is 7.03. The molecule has 1 aliphatic rings. The molecule has 622 valence electrons. The number of anilines is 1. The summed E-state index contributed by atoms with van der Waals surface area (Å²) in [5, 5.41) is 34.8. The fourth-order valence-electron chi connectivity index (χ4n) is 13.9. The molecule has 31 heteroatoms. The molecule has 3 aromatic carbocycles. The average Bonchev–Trinajstić information content (AvgIpc) is 1.64. The minimum absolute atomic E-state index is 0.000718. The molecule has 0 saturated carbocycles. The number of nitrogens with one attached hydrogen (secondary N) is 8. The van der Waals surface area contributed by atoms with E-state index >= 15 is 0 Å². The number of carbonyl (C=O) groups is 11. The van der Waals surface area contributed by atoms with E-state index in [9.17, 15) is 57.8 Å². The normalized spacial score (nSPS) is 15.6. The Hall–Kier alpha value is -9.40. The Bertz CT molecular complexity index is 3880. The van der Waals surface area contributed by atoms with Gasteiger partial charge in [0.25, 0.3) is 0 Å². The quantitative estimate of drug-likeness (QED) is 0.0136. The maximum Gasteiger partial charge on any atom is 0.410 e. The molecular weight excluding hydrogens is 1470 g/mol. The lowest BCUT2D eigenvalue weighted by molar-refractivity contribution is -0.146. The predicted molar refractivity (Wildman–Crippen MR) is 431 cm³/mol. The summed E-state index contributed by atoms with van der Waals surface area (Å²) in [5.74, 6) is -6.59. The number of likely N-dealkylation sites (N-methyl/N-ethyl adjacent to an activating group) is 2. The van der Waals surface area contributed by atoms with Gasteiger partial charge in [0, 0.05) is 108 Å². The number of benzene rings is 3. The van der Waals surface area contributed by atoms with Crippen molar-refractivity contribution < 1.29 is 76.8 Å². The van der Waals surface area contributed by atoms with Crippen molar-refractivity contribution in [3.05, 3.63) is 118 Å². The van der Waals surface area contributed by atoms with Crippen LogP contribution in [0.25, 0.3) is 10.9 Å². The number of carbonyl (C=O) groups excluding carboxylic acids is 10. The Kier molecular flexibility index (Phi) is 38.2. The van der Waals surface area contributed by atoms with Crippen LogP contribution in [-0.4, -0.2) is 223 Å². The summed E-state index contributed by atoms with van der Waals surface area (Å²) < 4.78 is 25.0. The number of aromatic nitrogens is 2. The second-order valence-corrected chi connectivity index (χ2v) is 31.2. The molecule has 113 heavy (non-hydrogen) atoms. The van der Waals surface area contributed by atoms with E-state index in [-0.39, 0.29) is 107 Å². The molecule has 9 N–H and O–H groups in total. The highest BCUT2D eigenvalue weighted by Gasteiger charge is 2.42. The fraction of sp³-hybridized carbons (Fsp3) is 0.585. The third-order valence-electron chi connectivity index (χ3n) is 20.6. The van der Waals surface area contributed by atoms with Crippen molar-refractivity contribution in [1.29, 1.82) is 0 Å². The molecule has 1 saturated heterocycles. The highest BCUT2D eigenvalue weighted by atomic mass is 32.1. The zero-order valence-corrected chi connectivity index (χ0v) is 69.2. The van der Waals surface area contributed by atoms with Crippen LogP contribution in [0.1, 0.15) is 155 Å². The van der Waals surface area contributed by atoms with Crippen LogP contribution in [0.2, 0.25) is 0 Å². The van der Waals surface area contributed by atoms with Gasteiger partial charge in [-0.3, -0.25) is 58.3 Å². The van der Waals surface area contributed by atoms with E-state index in [1.165, 1.54) is 37.3 Å². The van der Waals surface area contributed by atoms with Crippen LogP contribution in [0, 0.1) is 29.6 Å². The van der Waals surface area contributed by atoms with Crippen molar-refractivity contribution in [1.82, 2.24) is 66.6 Å². The molecule has 10 amide bonds. The number of hydrazine groups is 1. The number of ether oxygens (including phenoxy) is 4. The minimum Gasteiger partial charge on any atom is -0.481 e. The number of carboxylic acid groups (broad SMARTS) is 1. The molecule has 2 aromatic heterocycles. The van der Waals surface area contributed by atoms with Gasteiger partial charge in [-0.25, -0.2) is 14.8 Å². The first kappa shape index (κ1) is 92.5. The molecule has 0 unspecified atom stereocenters. The summed E-state index contributed by atoms with van der Waals surface area (Å²) in [6.45, 7) is 19.7. The van der Waals surface area contributed by atoms with E-state index in [1.807, 2.05) is 119 Å². The number of aliphatic carboxylic acids is 1. The number of aryl methyl sites for hydroxylation is 1. The van der Waals surface area contributed by atoms with E-state index in [2.05, 4.69) is 58.3 Å². The van der Waals surface area contributed by atoms with Gasteiger partial charge in [0.2, 0.25) is 53.2 Å². The predicted octanol–water partition coefficient (Wildman–Crippen LogP) is 7.36. The summed E-state index contributed by atoms with van der Waals surface area (Å²) in [4.78, 5) is 158. The number of amides is 10. The zero-order chi connectivity index (χ0) is 83.0. The van der Waals surface area contributed by atoms with Gasteiger partial charge in [-0.15, -0.1) is 11.3 Å². The first-order valence-electron chi connectivity index (χ1n) is 39.3. The van der Waals surface area contributed by atoms with Gasteiger partial charge in [0.05, 0.1) is 57.6 Å². The third-order valence-corrected chi connectivity index (χ3v) is 21.5. The summed E-state index contributed by atoms with van der Waals surface area (Å²) in [7, 11) is 8.37. The molecular formula is C82H122N14O16S. The smallest absolute Gasteiger partial charge is 0.410 e. The molecule has 6 rings (SSSR count). The van der Waals surface area contributed by atoms with Gasteiger partial charge < -0.3 is 75.6 Å². The molecule has 3 heterocycles. The molecule has 5 aromatic rings. The maximum atomic E-state index is 14.8. The van der Waals surface area contributed by atoms with Crippen LogP contribution in [0.4, 0.5) is 10.5 Å². The summed E-state index contributed by atoms with van der Waals surface area (Å²) in [6, 6.07) is 20.1. The van der Waals surface area contributed by atoms with Crippen molar-refractivity contribution in [2.24, 2.45) is 29.6 Å². The van der Waals surface area contributed by atoms with Crippen molar-refractivity contribution in [3.63, 3.8) is 0 Å². The van der Waals surface area contributed by atoms with Crippen molar-refractivity contribution >= 4 is 93.2 Å².